The molecular formula is C22H16ClN5OS. The fourth-order valence-corrected chi connectivity index (χ4v) is 4.05. The molecule has 0 radical (unpaired) electrons. The third-order valence-corrected chi connectivity index (χ3v) is 5.85. The summed E-state index contributed by atoms with van der Waals surface area (Å²) in [6, 6.07) is 21.1. The van der Waals surface area contributed by atoms with Gasteiger partial charge in [0.2, 0.25) is 5.95 Å². The SMILES string of the molecule is O=C(Nc1nc2n(n1)[C@H](c1ccccc1)C=C(c1ccc(Cl)cc1)N2)c1cccs1. The van der Waals surface area contributed by atoms with Crippen LogP contribution in [-0.2, 0) is 0 Å². The fourth-order valence-electron chi connectivity index (χ4n) is 3.30. The predicted molar refractivity (Wildman–Crippen MR) is 120 cm³/mol. The molecular weight excluding hydrogens is 418 g/mol. The number of benzene rings is 2. The minimum Gasteiger partial charge on any atom is -0.324 e. The van der Waals surface area contributed by atoms with Crippen molar-refractivity contribution in [2.45, 2.75) is 6.04 Å². The molecule has 2 aromatic carbocycles. The summed E-state index contributed by atoms with van der Waals surface area (Å²) in [5.74, 6) is 0.579. The molecule has 0 saturated carbocycles. The lowest BCUT2D eigenvalue weighted by Crippen LogP contribution is -2.20. The molecule has 30 heavy (non-hydrogen) atoms. The van der Waals surface area contributed by atoms with Crippen LogP contribution in [0.2, 0.25) is 5.02 Å². The van der Waals surface area contributed by atoms with Gasteiger partial charge in [-0.2, -0.15) is 4.98 Å². The van der Waals surface area contributed by atoms with Gasteiger partial charge >= 0.3 is 0 Å². The molecule has 5 rings (SSSR count). The number of carbonyl (C=O) groups excluding carboxylic acids is 1. The van der Waals surface area contributed by atoms with Gasteiger partial charge in [-0.25, -0.2) is 4.68 Å². The Morgan fingerprint density at radius 3 is 2.60 bits per heavy atom. The van der Waals surface area contributed by atoms with Gasteiger partial charge in [-0.1, -0.05) is 60.1 Å². The number of amides is 1. The molecule has 8 heteroatoms. The summed E-state index contributed by atoms with van der Waals surface area (Å²) in [4.78, 5) is 17.5. The van der Waals surface area contributed by atoms with E-state index < -0.39 is 0 Å². The van der Waals surface area contributed by atoms with Crippen LogP contribution in [0.15, 0.2) is 78.2 Å². The maximum absolute atomic E-state index is 12.4. The van der Waals surface area contributed by atoms with Crippen molar-refractivity contribution in [3.8, 4) is 0 Å². The Morgan fingerprint density at radius 1 is 1.07 bits per heavy atom. The van der Waals surface area contributed by atoms with E-state index in [0.29, 0.717) is 15.8 Å². The van der Waals surface area contributed by atoms with E-state index >= 15 is 0 Å². The van der Waals surface area contributed by atoms with Crippen LogP contribution in [-0.4, -0.2) is 20.7 Å². The largest absolute Gasteiger partial charge is 0.324 e. The molecule has 0 bridgehead atoms. The highest BCUT2D eigenvalue weighted by Crippen LogP contribution is 2.33. The Balaban J connectivity index is 1.52. The molecule has 4 aromatic rings. The first-order valence-corrected chi connectivity index (χ1v) is 10.5. The highest BCUT2D eigenvalue weighted by molar-refractivity contribution is 7.12. The van der Waals surface area contributed by atoms with Gasteiger partial charge in [0.25, 0.3) is 11.9 Å². The summed E-state index contributed by atoms with van der Waals surface area (Å²) in [7, 11) is 0. The van der Waals surface area contributed by atoms with Gasteiger partial charge < -0.3 is 5.32 Å². The third kappa shape index (κ3) is 3.60. The zero-order valence-electron chi connectivity index (χ0n) is 15.6. The number of carbonyl (C=O) groups is 1. The number of nitrogens with zero attached hydrogens (tertiary/aromatic N) is 3. The molecule has 1 aliphatic rings. The molecule has 6 nitrogen and oxygen atoms in total. The van der Waals surface area contributed by atoms with Gasteiger partial charge in [-0.05, 0) is 40.8 Å². The van der Waals surface area contributed by atoms with Crippen LogP contribution in [0.1, 0.15) is 26.8 Å². The van der Waals surface area contributed by atoms with Crippen molar-refractivity contribution in [3.05, 3.63) is 99.2 Å². The molecule has 0 fully saturated rings. The molecule has 2 N–H and O–H groups in total. The molecule has 3 heterocycles. The van der Waals surface area contributed by atoms with Crippen molar-refractivity contribution in [2.75, 3.05) is 10.6 Å². The molecule has 1 atom stereocenters. The number of thiophene rings is 1. The maximum Gasteiger partial charge on any atom is 0.268 e. The van der Waals surface area contributed by atoms with Crippen LogP contribution < -0.4 is 10.6 Å². The zero-order chi connectivity index (χ0) is 20.5. The van der Waals surface area contributed by atoms with Gasteiger partial charge in [0.05, 0.1) is 4.88 Å². The fraction of sp³-hybridized carbons (Fsp3) is 0.0455. The highest BCUT2D eigenvalue weighted by atomic mass is 35.5. The first-order chi connectivity index (χ1) is 14.7. The normalized spacial score (nSPS) is 15.1. The second-order valence-electron chi connectivity index (χ2n) is 6.70. The van der Waals surface area contributed by atoms with Crippen molar-refractivity contribution in [1.29, 1.82) is 0 Å². The number of hydrogen-bond acceptors (Lipinski definition) is 5. The second-order valence-corrected chi connectivity index (χ2v) is 8.09. The van der Waals surface area contributed by atoms with Crippen LogP contribution in [0.3, 0.4) is 0 Å². The average Bonchev–Trinajstić information content (AvgIpc) is 3.44. The molecule has 1 amide bonds. The van der Waals surface area contributed by atoms with E-state index in [1.807, 2.05) is 66.0 Å². The van der Waals surface area contributed by atoms with Crippen LogP contribution in [0.25, 0.3) is 5.70 Å². The van der Waals surface area contributed by atoms with Crippen LogP contribution in [0.5, 0.6) is 0 Å². The predicted octanol–water partition coefficient (Wildman–Crippen LogP) is 5.30. The highest BCUT2D eigenvalue weighted by Gasteiger charge is 2.26. The summed E-state index contributed by atoms with van der Waals surface area (Å²) in [6.07, 6.45) is 2.09. The van der Waals surface area contributed by atoms with E-state index in [-0.39, 0.29) is 17.9 Å². The average molecular weight is 434 g/mol. The standard InChI is InChI=1S/C22H16ClN5OS/c23-16-10-8-14(9-11-16)17-13-18(15-5-2-1-3-6-15)28-22(24-17)26-21(27-28)25-20(29)19-7-4-12-30-19/h1-13,18H,(H2,24,25,26,27,29)/t18-/m0/s1. The van der Waals surface area contributed by atoms with E-state index in [1.165, 1.54) is 11.3 Å². The van der Waals surface area contributed by atoms with Crippen molar-refractivity contribution in [1.82, 2.24) is 14.8 Å². The van der Waals surface area contributed by atoms with Crippen LogP contribution in [0, 0.1) is 0 Å². The zero-order valence-corrected chi connectivity index (χ0v) is 17.2. The summed E-state index contributed by atoms with van der Waals surface area (Å²) in [5, 5.41) is 13.2. The Bertz CT molecular complexity index is 1220. The Hall–Kier alpha value is -3.42. The van der Waals surface area contributed by atoms with E-state index in [1.54, 1.807) is 10.7 Å². The lowest BCUT2D eigenvalue weighted by Gasteiger charge is -2.24. The number of allylic oxidation sites excluding steroid dienone is 1. The Labute approximate surface area is 181 Å². The van der Waals surface area contributed by atoms with Gasteiger partial charge in [-0.3, -0.25) is 10.1 Å². The van der Waals surface area contributed by atoms with Crippen LogP contribution >= 0.6 is 22.9 Å². The number of fused-ring (bicyclic) bond motifs is 1. The smallest absolute Gasteiger partial charge is 0.268 e. The van der Waals surface area contributed by atoms with Gasteiger partial charge in [0.1, 0.15) is 6.04 Å². The van der Waals surface area contributed by atoms with E-state index in [0.717, 1.165) is 16.8 Å². The second kappa shape index (κ2) is 7.78. The first-order valence-electron chi connectivity index (χ1n) is 9.28. The summed E-state index contributed by atoms with van der Waals surface area (Å²) >= 11 is 7.41. The quantitative estimate of drug-likeness (QED) is 0.458. The molecule has 0 saturated heterocycles. The lowest BCUT2D eigenvalue weighted by molar-refractivity contribution is 0.102. The number of anilines is 2. The van der Waals surface area contributed by atoms with Crippen molar-refractivity contribution < 1.29 is 4.79 Å². The molecule has 1 aliphatic heterocycles. The minimum atomic E-state index is -0.227. The molecule has 0 spiro atoms. The third-order valence-electron chi connectivity index (χ3n) is 4.73. The van der Waals surface area contributed by atoms with E-state index in [4.69, 9.17) is 11.6 Å². The number of rotatable bonds is 4. The first kappa shape index (κ1) is 18.6. The molecule has 0 aliphatic carbocycles. The van der Waals surface area contributed by atoms with Crippen molar-refractivity contribution >= 4 is 46.4 Å². The van der Waals surface area contributed by atoms with Crippen molar-refractivity contribution in [3.63, 3.8) is 0 Å². The van der Waals surface area contributed by atoms with Gasteiger partial charge in [0, 0.05) is 10.7 Å². The van der Waals surface area contributed by atoms with Gasteiger partial charge in [-0.15, -0.1) is 16.4 Å². The Kier molecular flexibility index (Phi) is 4.82. The summed E-state index contributed by atoms with van der Waals surface area (Å²) in [6.45, 7) is 0. The molecule has 2 aromatic heterocycles. The number of halogens is 1. The molecule has 148 valence electrons. The molecule has 0 unspecified atom stereocenters. The lowest BCUT2D eigenvalue weighted by atomic mass is 10.0. The van der Waals surface area contributed by atoms with Crippen LogP contribution in [0.4, 0.5) is 11.9 Å². The number of nitrogens with one attached hydrogen (secondary N) is 2. The maximum atomic E-state index is 12.4. The summed E-state index contributed by atoms with van der Waals surface area (Å²) in [5.41, 5.74) is 2.95. The van der Waals surface area contributed by atoms with E-state index in [2.05, 4.69) is 26.8 Å². The van der Waals surface area contributed by atoms with Crippen molar-refractivity contribution in [2.24, 2.45) is 0 Å². The summed E-state index contributed by atoms with van der Waals surface area (Å²) < 4.78 is 1.78. The van der Waals surface area contributed by atoms with E-state index in [9.17, 15) is 4.79 Å². The minimum absolute atomic E-state index is 0.173. The number of aromatic nitrogens is 3. The van der Waals surface area contributed by atoms with Gasteiger partial charge in [0.15, 0.2) is 0 Å². The number of hydrogen-bond donors (Lipinski definition) is 2. The topological polar surface area (TPSA) is 71.8 Å². The monoisotopic (exact) mass is 433 g/mol. The Morgan fingerprint density at radius 2 is 1.87 bits per heavy atom.